The smallest absolute Gasteiger partial charge is 0.339 e. The molecule has 0 aliphatic carbocycles. The third kappa shape index (κ3) is 2.65. The van der Waals surface area contributed by atoms with Crippen LogP contribution >= 0.6 is 45.2 Å². The highest BCUT2D eigenvalue weighted by molar-refractivity contribution is 14.1. The molecule has 16 heavy (non-hydrogen) atoms. The van der Waals surface area contributed by atoms with Gasteiger partial charge in [0, 0.05) is 7.14 Å². The van der Waals surface area contributed by atoms with Crippen LogP contribution in [0.15, 0.2) is 12.1 Å². The fourth-order valence-electron chi connectivity index (χ4n) is 1.16. The number of carbonyl (C=O) groups excluding carboxylic acids is 2. The lowest BCUT2D eigenvalue weighted by Crippen LogP contribution is -2.15. The van der Waals surface area contributed by atoms with Gasteiger partial charge in [0.05, 0.1) is 25.3 Å². The highest BCUT2D eigenvalue weighted by Gasteiger charge is 2.24. The summed E-state index contributed by atoms with van der Waals surface area (Å²) >= 11 is 3.96. The van der Waals surface area contributed by atoms with Crippen molar-refractivity contribution in [2.45, 2.75) is 0 Å². The molecule has 0 spiro atoms. The largest absolute Gasteiger partial charge is 0.465 e. The van der Waals surface area contributed by atoms with Gasteiger partial charge in [-0.25, -0.2) is 9.59 Å². The van der Waals surface area contributed by atoms with Crippen molar-refractivity contribution in [3.05, 3.63) is 30.4 Å². The first-order chi connectivity index (χ1) is 7.52. The zero-order chi connectivity index (χ0) is 12.3. The Hall–Kier alpha value is -0.380. The summed E-state index contributed by atoms with van der Waals surface area (Å²) < 4.78 is 10.6. The fraction of sp³-hybridized carbons (Fsp3) is 0.200. The molecule has 1 rings (SSSR count). The first-order valence-corrected chi connectivity index (χ1v) is 6.33. The monoisotopic (exact) mass is 446 g/mol. The second-order valence-electron chi connectivity index (χ2n) is 2.76. The lowest BCUT2D eigenvalue weighted by Gasteiger charge is -2.10. The summed E-state index contributed by atoms with van der Waals surface area (Å²) in [6, 6.07) is 3.50. The number of halogens is 2. The molecule has 0 radical (unpaired) electrons. The van der Waals surface area contributed by atoms with Crippen LogP contribution in [-0.2, 0) is 9.47 Å². The zero-order valence-electron chi connectivity index (χ0n) is 8.54. The zero-order valence-corrected chi connectivity index (χ0v) is 12.9. The molecule has 4 nitrogen and oxygen atoms in total. The maximum absolute atomic E-state index is 11.6. The molecule has 0 amide bonds. The summed E-state index contributed by atoms with van der Waals surface area (Å²) in [5.41, 5.74) is 0.503. The minimum atomic E-state index is -0.539. The first kappa shape index (κ1) is 13.7. The molecule has 0 atom stereocenters. The Kier molecular flexibility index (Phi) is 4.96. The van der Waals surface area contributed by atoms with Gasteiger partial charge in [0.25, 0.3) is 0 Å². The van der Waals surface area contributed by atoms with Crippen LogP contribution in [0.2, 0.25) is 0 Å². The summed E-state index contributed by atoms with van der Waals surface area (Å²) in [6.45, 7) is 0. The molecule has 0 aliphatic rings. The van der Waals surface area contributed by atoms with Gasteiger partial charge in [-0.15, -0.1) is 0 Å². The molecular weight excluding hydrogens is 438 g/mol. The van der Waals surface area contributed by atoms with Gasteiger partial charge >= 0.3 is 11.9 Å². The molecule has 0 aliphatic heterocycles. The molecule has 1 aromatic carbocycles. The molecule has 0 fully saturated rings. The number of ether oxygens (including phenoxy) is 2. The summed E-state index contributed by atoms with van der Waals surface area (Å²) in [6.07, 6.45) is 0. The highest BCUT2D eigenvalue weighted by Crippen LogP contribution is 2.24. The molecule has 0 aromatic heterocycles. The van der Waals surface area contributed by atoms with Crippen LogP contribution in [0.5, 0.6) is 0 Å². The van der Waals surface area contributed by atoms with Gasteiger partial charge in [-0.3, -0.25) is 0 Å². The lowest BCUT2D eigenvalue weighted by atomic mass is 10.1. The Bertz CT molecular complexity index is 402. The van der Waals surface area contributed by atoms with E-state index in [0.29, 0.717) is 7.14 Å². The second kappa shape index (κ2) is 5.80. The number of carbonyl (C=O) groups is 2. The van der Waals surface area contributed by atoms with Crippen LogP contribution in [0.25, 0.3) is 0 Å². The molecule has 1 aromatic rings. The number of hydrogen-bond acceptors (Lipinski definition) is 4. The van der Waals surface area contributed by atoms with Crippen molar-refractivity contribution in [1.82, 2.24) is 0 Å². The standard InChI is InChI=1S/C10H8I2O4/c1-15-9(13)7-5(11)3-4-6(12)8(7)10(14)16-2/h3-4H,1-2H3. The number of hydrogen-bond donors (Lipinski definition) is 0. The average Bonchev–Trinajstić information content (AvgIpc) is 2.29. The summed E-state index contributed by atoms with van der Waals surface area (Å²) in [7, 11) is 2.55. The first-order valence-electron chi connectivity index (χ1n) is 4.17. The van der Waals surface area contributed by atoms with Gasteiger partial charge in [-0.05, 0) is 57.3 Å². The lowest BCUT2D eigenvalue weighted by molar-refractivity contribution is 0.0553. The molecule has 0 bridgehead atoms. The SMILES string of the molecule is COC(=O)c1c(I)ccc(I)c1C(=O)OC. The summed E-state index contributed by atoms with van der Waals surface area (Å²) in [5, 5.41) is 0. The number of rotatable bonds is 2. The molecule has 86 valence electrons. The summed E-state index contributed by atoms with van der Waals surface area (Å²) in [5.74, 6) is -1.08. The predicted molar refractivity (Wildman–Crippen MR) is 74.6 cm³/mol. The van der Waals surface area contributed by atoms with Gasteiger partial charge < -0.3 is 9.47 Å². The molecule has 0 saturated heterocycles. The molecular formula is C10H8I2O4. The van der Waals surface area contributed by atoms with Crippen molar-refractivity contribution in [1.29, 1.82) is 0 Å². The van der Waals surface area contributed by atoms with Crippen molar-refractivity contribution in [3.63, 3.8) is 0 Å². The molecule has 0 heterocycles. The minimum absolute atomic E-state index is 0.252. The number of esters is 2. The van der Waals surface area contributed by atoms with Gasteiger partial charge in [-0.1, -0.05) is 0 Å². The van der Waals surface area contributed by atoms with Crippen LogP contribution in [0.3, 0.4) is 0 Å². The van der Waals surface area contributed by atoms with Crippen LogP contribution in [0, 0.1) is 7.14 Å². The van der Waals surface area contributed by atoms with Crippen molar-refractivity contribution in [2.75, 3.05) is 14.2 Å². The van der Waals surface area contributed by atoms with E-state index in [1.54, 1.807) is 12.1 Å². The molecule has 6 heteroatoms. The maximum Gasteiger partial charge on any atom is 0.339 e. The molecule has 0 N–H and O–H groups in total. The predicted octanol–water partition coefficient (Wildman–Crippen LogP) is 2.47. The summed E-state index contributed by atoms with van der Waals surface area (Å²) in [4.78, 5) is 23.2. The Morgan fingerprint density at radius 3 is 1.50 bits per heavy atom. The van der Waals surface area contributed by atoms with Gasteiger partial charge in [0.1, 0.15) is 0 Å². The second-order valence-corrected chi connectivity index (χ2v) is 5.09. The van der Waals surface area contributed by atoms with Gasteiger partial charge in [0.15, 0.2) is 0 Å². The van der Waals surface area contributed by atoms with Crippen molar-refractivity contribution in [2.24, 2.45) is 0 Å². The number of methoxy groups -OCH3 is 2. The van der Waals surface area contributed by atoms with Crippen molar-refractivity contribution in [3.8, 4) is 0 Å². The highest BCUT2D eigenvalue weighted by atomic mass is 127. The quantitative estimate of drug-likeness (QED) is 0.518. The van der Waals surface area contributed by atoms with Crippen molar-refractivity contribution < 1.29 is 19.1 Å². The average molecular weight is 446 g/mol. The van der Waals surface area contributed by atoms with Crippen molar-refractivity contribution >= 4 is 57.1 Å². The third-order valence-corrected chi connectivity index (χ3v) is 3.68. The Labute approximate surface area is 120 Å². The van der Waals surface area contributed by atoms with E-state index in [9.17, 15) is 9.59 Å². The van der Waals surface area contributed by atoms with Crippen LogP contribution in [0.1, 0.15) is 20.7 Å². The fourth-order valence-corrected chi connectivity index (χ4v) is 2.49. The topological polar surface area (TPSA) is 52.6 Å². The van der Waals surface area contributed by atoms with Crippen LogP contribution in [-0.4, -0.2) is 26.2 Å². The normalized spacial score (nSPS) is 9.75. The van der Waals surface area contributed by atoms with Gasteiger partial charge in [0.2, 0.25) is 0 Å². The Morgan fingerprint density at radius 1 is 0.938 bits per heavy atom. The molecule has 0 unspecified atom stereocenters. The van der Waals surface area contributed by atoms with E-state index in [1.807, 2.05) is 45.2 Å². The Morgan fingerprint density at radius 2 is 1.25 bits per heavy atom. The van der Waals surface area contributed by atoms with E-state index < -0.39 is 11.9 Å². The molecule has 0 saturated carbocycles. The van der Waals surface area contributed by atoms with E-state index in [2.05, 4.69) is 9.47 Å². The minimum Gasteiger partial charge on any atom is -0.465 e. The third-order valence-electron chi connectivity index (χ3n) is 1.88. The van der Waals surface area contributed by atoms with E-state index >= 15 is 0 Å². The maximum atomic E-state index is 11.6. The van der Waals surface area contributed by atoms with E-state index in [4.69, 9.17) is 0 Å². The number of benzene rings is 1. The van der Waals surface area contributed by atoms with Crippen LogP contribution in [0.4, 0.5) is 0 Å². The van der Waals surface area contributed by atoms with Gasteiger partial charge in [-0.2, -0.15) is 0 Å². The van der Waals surface area contributed by atoms with Crippen LogP contribution < -0.4 is 0 Å². The van der Waals surface area contributed by atoms with E-state index in [-0.39, 0.29) is 11.1 Å². The van der Waals surface area contributed by atoms with E-state index in [1.165, 1.54) is 14.2 Å². The van der Waals surface area contributed by atoms with E-state index in [0.717, 1.165) is 0 Å². The Balaban J connectivity index is 3.49.